The number of hydrogen-bond acceptors (Lipinski definition) is 2. The summed E-state index contributed by atoms with van der Waals surface area (Å²) in [5, 5.41) is 2.74. The molecule has 3 nitrogen and oxygen atoms in total. The summed E-state index contributed by atoms with van der Waals surface area (Å²) in [5.74, 6) is -0.313. The molecule has 0 saturated heterocycles. The number of anilines is 1. The molecule has 21 heavy (non-hydrogen) atoms. The van der Waals surface area contributed by atoms with E-state index in [1.807, 2.05) is 6.07 Å². The van der Waals surface area contributed by atoms with Crippen LogP contribution in [0, 0.1) is 5.82 Å². The standard InChI is InChI=1S/C15H13BrFNO2S/c1-21(20)9-10-3-2-4-12(7-10)18-15(19)13-6-5-11(17)8-14(13)16/h2-8H,9H2,1H3,(H,18,19). The van der Waals surface area contributed by atoms with E-state index in [4.69, 9.17) is 0 Å². The minimum Gasteiger partial charge on any atom is -0.322 e. The monoisotopic (exact) mass is 369 g/mol. The Bertz CT molecular complexity index is 706. The maximum Gasteiger partial charge on any atom is 0.256 e. The molecule has 0 spiro atoms. The Morgan fingerprint density at radius 3 is 2.71 bits per heavy atom. The van der Waals surface area contributed by atoms with E-state index in [-0.39, 0.29) is 5.91 Å². The molecule has 1 amide bonds. The van der Waals surface area contributed by atoms with Gasteiger partial charge in [-0.2, -0.15) is 0 Å². The van der Waals surface area contributed by atoms with Crippen molar-refractivity contribution in [1.82, 2.24) is 0 Å². The van der Waals surface area contributed by atoms with Crippen molar-refractivity contribution in [3.05, 3.63) is 63.9 Å². The molecule has 0 bridgehead atoms. The van der Waals surface area contributed by atoms with E-state index in [1.165, 1.54) is 18.2 Å². The molecular weight excluding hydrogens is 357 g/mol. The molecule has 0 aliphatic rings. The zero-order valence-electron chi connectivity index (χ0n) is 11.2. The maximum atomic E-state index is 13.0. The van der Waals surface area contributed by atoms with Gasteiger partial charge in [-0.3, -0.25) is 9.00 Å². The van der Waals surface area contributed by atoms with E-state index >= 15 is 0 Å². The van der Waals surface area contributed by atoms with Crippen molar-refractivity contribution < 1.29 is 13.4 Å². The Balaban J connectivity index is 2.17. The van der Waals surface area contributed by atoms with Gasteiger partial charge in [0.2, 0.25) is 0 Å². The van der Waals surface area contributed by atoms with E-state index in [1.54, 1.807) is 24.5 Å². The third kappa shape index (κ3) is 4.47. The number of benzene rings is 2. The predicted molar refractivity (Wildman–Crippen MR) is 86.3 cm³/mol. The van der Waals surface area contributed by atoms with E-state index in [0.29, 0.717) is 21.5 Å². The molecule has 1 unspecified atom stereocenters. The van der Waals surface area contributed by atoms with Gasteiger partial charge < -0.3 is 5.32 Å². The molecule has 2 rings (SSSR count). The number of hydrogen-bond donors (Lipinski definition) is 1. The molecule has 0 aliphatic carbocycles. The topological polar surface area (TPSA) is 46.2 Å². The van der Waals surface area contributed by atoms with E-state index < -0.39 is 16.6 Å². The first-order valence-electron chi connectivity index (χ1n) is 6.11. The number of halogens is 2. The molecule has 0 heterocycles. The summed E-state index contributed by atoms with van der Waals surface area (Å²) in [6.45, 7) is 0. The Morgan fingerprint density at radius 1 is 1.29 bits per heavy atom. The fourth-order valence-electron chi connectivity index (χ4n) is 1.85. The van der Waals surface area contributed by atoms with Crippen LogP contribution in [0.15, 0.2) is 46.9 Å². The quantitative estimate of drug-likeness (QED) is 0.892. The summed E-state index contributed by atoms with van der Waals surface area (Å²) in [6, 6.07) is 11.1. The molecular formula is C15H13BrFNO2S. The zero-order chi connectivity index (χ0) is 15.4. The number of carbonyl (C=O) groups excluding carboxylic acids is 1. The molecule has 1 atom stereocenters. The summed E-state index contributed by atoms with van der Waals surface area (Å²) >= 11 is 3.17. The van der Waals surface area contributed by atoms with Crippen LogP contribution in [-0.4, -0.2) is 16.4 Å². The Hall–Kier alpha value is -1.53. The van der Waals surface area contributed by atoms with Crippen molar-refractivity contribution in [2.75, 3.05) is 11.6 Å². The molecule has 0 radical (unpaired) electrons. The number of carbonyl (C=O) groups is 1. The highest BCUT2D eigenvalue weighted by Crippen LogP contribution is 2.20. The van der Waals surface area contributed by atoms with Gasteiger partial charge in [0.05, 0.1) is 5.56 Å². The van der Waals surface area contributed by atoms with Crippen molar-refractivity contribution in [3.8, 4) is 0 Å². The minimum atomic E-state index is -0.942. The first kappa shape index (κ1) is 15.9. The molecule has 0 saturated carbocycles. The molecule has 2 aromatic carbocycles. The SMILES string of the molecule is CS(=O)Cc1cccc(NC(=O)c2ccc(F)cc2Br)c1. The Kier molecular flexibility index (Phi) is 5.25. The fourth-order valence-corrected chi connectivity index (χ4v) is 3.03. The third-order valence-electron chi connectivity index (χ3n) is 2.73. The summed E-state index contributed by atoms with van der Waals surface area (Å²) in [5.41, 5.74) is 1.84. The van der Waals surface area contributed by atoms with Gasteiger partial charge in [-0.1, -0.05) is 12.1 Å². The lowest BCUT2D eigenvalue weighted by molar-refractivity contribution is 0.102. The number of nitrogens with one attached hydrogen (secondary N) is 1. The predicted octanol–water partition coefficient (Wildman–Crippen LogP) is 3.72. The zero-order valence-corrected chi connectivity index (χ0v) is 13.6. The summed E-state index contributed by atoms with van der Waals surface area (Å²) in [6.07, 6.45) is 1.63. The van der Waals surface area contributed by atoms with Crippen LogP contribution in [0.2, 0.25) is 0 Å². The normalized spacial score (nSPS) is 12.0. The largest absolute Gasteiger partial charge is 0.322 e. The first-order chi connectivity index (χ1) is 9.95. The van der Waals surface area contributed by atoms with Crippen molar-refractivity contribution in [3.63, 3.8) is 0 Å². The van der Waals surface area contributed by atoms with Crippen LogP contribution in [-0.2, 0) is 16.6 Å². The van der Waals surface area contributed by atoms with Crippen molar-refractivity contribution in [1.29, 1.82) is 0 Å². The smallest absolute Gasteiger partial charge is 0.256 e. The second-order valence-electron chi connectivity index (χ2n) is 4.50. The maximum absolute atomic E-state index is 13.0. The van der Waals surface area contributed by atoms with Gasteiger partial charge in [-0.05, 0) is 51.8 Å². The van der Waals surface area contributed by atoms with E-state index in [9.17, 15) is 13.4 Å². The van der Waals surface area contributed by atoms with Crippen molar-refractivity contribution >= 4 is 38.3 Å². The van der Waals surface area contributed by atoms with Gasteiger partial charge in [0, 0.05) is 33.0 Å². The van der Waals surface area contributed by atoms with Gasteiger partial charge in [0.25, 0.3) is 5.91 Å². The van der Waals surface area contributed by atoms with E-state index in [0.717, 1.165) is 5.56 Å². The second kappa shape index (κ2) is 6.95. The van der Waals surface area contributed by atoms with Crippen LogP contribution in [0.25, 0.3) is 0 Å². The number of rotatable bonds is 4. The third-order valence-corrected chi connectivity index (χ3v) is 4.13. The lowest BCUT2D eigenvalue weighted by Gasteiger charge is -2.08. The minimum absolute atomic E-state index is 0.336. The fraction of sp³-hybridized carbons (Fsp3) is 0.133. The van der Waals surface area contributed by atoms with Gasteiger partial charge >= 0.3 is 0 Å². The molecule has 0 aromatic heterocycles. The van der Waals surface area contributed by atoms with Crippen LogP contribution in [0.1, 0.15) is 15.9 Å². The summed E-state index contributed by atoms with van der Waals surface area (Å²) < 4.78 is 24.6. The highest BCUT2D eigenvalue weighted by molar-refractivity contribution is 9.10. The van der Waals surface area contributed by atoms with Crippen molar-refractivity contribution in [2.45, 2.75) is 5.75 Å². The second-order valence-corrected chi connectivity index (χ2v) is 6.79. The van der Waals surface area contributed by atoms with Gasteiger partial charge in [0.1, 0.15) is 5.82 Å². The highest BCUT2D eigenvalue weighted by Gasteiger charge is 2.11. The Labute approximate surface area is 133 Å². The van der Waals surface area contributed by atoms with Gasteiger partial charge in [-0.25, -0.2) is 4.39 Å². The average Bonchev–Trinajstić information content (AvgIpc) is 2.37. The van der Waals surface area contributed by atoms with Crippen LogP contribution in [0.4, 0.5) is 10.1 Å². The number of amides is 1. The summed E-state index contributed by atoms with van der Waals surface area (Å²) in [7, 11) is -0.942. The van der Waals surface area contributed by atoms with Gasteiger partial charge in [-0.15, -0.1) is 0 Å². The Morgan fingerprint density at radius 2 is 2.05 bits per heavy atom. The molecule has 6 heteroatoms. The van der Waals surface area contributed by atoms with Crippen LogP contribution < -0.4 is 5.32 Å². The van der Waals surface area contributed by atoms with Crippen molar-refractivity contribution in [2.24, 2.45) is 0 Å². The lowest BCUT2D eigenvalue weighted by atomic mass is 10.2. The van der Waals surface area contributed by atoms with Crippen LogP contribution in [0.5, 0.6) is 0 Å². The molecule has 2 aromatic rings. The van der Waals surface area contributed by atoms with Crippen LogP contribution in [0.3, 0.4) is 0 Å². The lowest BCUT2D eigenvalue weighted by Crippen LogP contribution is -2.13. The van der Waals surface area contributed by atoms with E-state index in [2.05, 4.69) is 21.2 Å². The highest BCUT2D eigenvalue weighted by atomic mass is 79.9. The average molecular weight is 370 g/mol. The molecule has 0 aliphatic heterocycles. The molecule has 1 N–H and O–H groups in total. The molecule has 0 fully saturated rings. The van der Waals surface area contributed by atoms with Crippen LogP contribution >= 0.6 is 15.9 Å². The summed E-state index contributed by atoms with van der Waals surface area (Å²) in [4.78, 5) is 12.2. The van der Waals surface area contributed by atoms with Gasteiger partial charge in [0.15, 0.2) is 0 Å². The molecule has 110 valence electrons. The first-order valence-corrected chi connectivity index (χ1v) is 8.63.